The van der Waals surface area contributed by atoms with E-state index in [9.17, 15) is 0 Å². The van der Waals surface area contributed by atoms with Crippen LogP contribution in [0.15, 0.2) is 36.7 Å². The number of likely N-dealkylation sites (tertiary alicyclic amines) is 1. The standard InChI is InChI=1S/C25H30N6O.H2/c1-16(2)13-27-25-28-14-20-19(5-7-21(20)30-25)17-4-6-22-23(12-17)29-24(15-26-22)32-18-8-10-31(3)11-9-18;/h4-6,12,14-16,18H,7-11,13H2,1-3H3,(H,27,28,30);1H. The predicted molar refractivity (Wildman–Crippen MR) is 129 cm³/mol. The molecule has 3 heterocycles. The highest BCUT2D eigenvalue weighted by Gasteiger charge is 2.20. The Morgan fingerprint density at radius 1 is 1.12 bits per heavy atom. The minimum atomic E-state index is 0. The van der Waals surface area contributed by atoms with Crippen LogP contribution in [0.4, 0.5) is 5.95 Å². The highest BCUT2D eigenvalue weighted by atomic mass is 16.5. The minimum Gasteiger partial charge on any atom is -0.473 e. The number of fused-ring (bicyclic) bond motifs is 2. The van der Waals surface area contributed by atoms with Gasteiger partial charge in [-0.3, -0.25) is 0 Å². The highest BCUT2D eigenvalue weighted by molar-refractivity contribution is 5.88. The molecular formula is C25H32N6O. The van der Waals surface area contributed by atoms with Crippen LogP contribution < -0.4 is 10.1 Å². The molecule has 1 N–H and O–H groups in total. The molecule has 168 valence electrons. The number of nitrogens with one attached hydrogen (secondary N) is 1. The summed E-state index contributed by atoms with van der Waals surface area (Å²) in [5.74, 6) is 1.86. The Kier molecular flexibility index (Phi) is 5.74. The zero-order valence-electron chi connectivity index (χ0n) is 19.0. The van der Waals surface area contributed by atoms with E-state index < -0.39 is 0 Å². The number of nitrogens with zero attached hydrogens (tertiary/aromatic N) is 5. The lowest BCUT2D eigenvalue weighted by Crippen LogP contribution is -2.35. The number of ether oxygens (including phenoxy) is 1. The van der Waals surface area contributed by atoms with Gasteiger partial charge in [0, 0.05) is 39.2 Å². The third-order valence-corrected chi connectivity index (χ3v) is 6.11. The summed E-state index contributed by atoms with van der Waals surface area (Å²) in [7, 11) is 2.15. The van der Waals surface area contributed by atoms with Crippen LogP contribution in [0, 0.1) is 5.92 Å². The van der Waals surface area contributed by atoms with Gasteiger partial charge in [0.05, 0.1) is 22.9 Å². The van der Waals surface area contributed by atoms with Gasteiger partial charge in [0.2, 0.25) is 11.8 Å². The van der Waals surface area contributed by atoms with E-state index in [2.05, 4.69) is 59.3 Å². The molecule has 0 unspecified atom stereocenters. The minimum absolute atomic E-state index is 0. The van der Waals surface area contributed by atoms with Crippen molar-refractivity contribution in [2.75, 3.05) is 32.0 Å². The molecule has 5 rings (SSSR count). The number of piperidine rings is 1. The Balaban J connectivity index is 0.00000259. The molecule has 0 amide bonds. The number of hydrogen-bond acceptors (Lipinski definition) is 7. The van der Waals surface area contributed by atoms with Crippen molar-refractivity contribution in [1.29, 1.82) is 0 Å². The fourth-order valence-corrected chi connectivity index (χ4v) is 4.25. The topological polar surface area (TPSA) is 76.1 Å². The number of rotatable bonds is 6. The monoisotopic (exact) mass is 432 g/mol. The highest BCUT2D eigenvalue weighted by Crippen LogP contribution is 2.33. The van der Waals surface area contributed by atoms with Crippen molar-refractivity contribution in [3.05, 3.63) is 53.5 Å². The van der Waals surface area contributed by atoms with E-state index in [1.807, 2.05) is 12.3 Å². The summed E-state index contributed by atoms with van der Waals surface area (Å²) in [5, 5.41) is 3.31. The van der Waals surface area contributed by atoms with Gasteiger partial charge in [0.25, 0.3) is 0 Å². The van der Waals surface area contributed by atoms with Crippen molar-refractivity contribution in [2.45, 2.75) is 39.2 Å². The molecule has 0 saturated carbocycles. The Labute approximate surface area is 190 Å². The first-order chi connectivity index (χ1) is 15.5. The quantitative estimate of drug-likeness (QED) is 0.626. The molecular weight excluding hydrogens is 400 g/mol. The van der Waals surface area contributed by atoms with Crippen LogP contribution in [0.5, 0.6) is 5.88 Å². The van der Waals surface area contributed by atoms with Crippen LogP contribution in [0.1, 0.15) is 44.9 Å². The Hall–Kier alpha value is -3.06. The van der Waals surface area contributed by atoms with Gasteiger partial charge in [-0.1, -0.05) is 26.0 Å². The lowest BCUT2D eigenvalue weighted by molar-refractivity contribution is 0.110. The van der Waals surface area contributed by atoms with Gasteiger partial charge < -0.3 is 15.0 Å². The van der Waals surface area contributed by atoms with Crippen molar-refractivity contribution in [3.63, 3.8) is 0 Å². The second-order valence-electron chi connectivity index (χ2n) is 9.18. The number of anilines is 1. The third-order valence-electron chi connectivity index (χ3n) is 6.11. The molecule has 2 aliphatic rings. The maximum Gasteiger partial charge on any atom is 0.233 e. The summed E-state index contributed by atoms with van der Waals surface area (Å²) in [6.45, 7) is 7.32. The molecule has 32 heavy (non-hydrogen) atoms. The molecule has 7 nitrogen and oxygen atoms in total. The van der Waals surface area contributed by atoms with E-state index >= 15 is 0 Å². The Morgan fingerprint density at radius 2 is 1.97 bits per heavy atom. The van der Waals surface area contributed by atoms with Crippen molar-refractivity contribution in [1.82, 2.24) is 24.8 Å². The van der Waals surface area contributed by atoms with Crippen molar-refractivity contribution < 1.29 is 6.16 Å². The Bertz CT molecular complexity index is 1160. The molecule has 0 spiro atoms. The maximum absolute atomic E-state index is 6.14. The van der Waals surface area contributed by atoms with Gasteiger partial charge in [-0.2, -0.15) is 0 Å². The van der Waals surface area contributed by atoms with Crippen LogP contribution in [0.3, 0.4) is 0 Å². The maximum atomic E-state index is 6.14. The number of aromatic nitrogens is 4. The SMILES string of the molecule is CC(C)CNc1ncc2c(n1)CC=C2c1ccc2ncc(OC3CCN(C)CC3)nc2c1.[HH]. The van der Waals surface area contributed by atoms with Gasteiger partial charge in [-0.15, -0.1) is 0 Å². The lowest BCUT2D eigenvalue weighted by atomic mass is 10.0. The van der Waals surface area contributed by atoms with Gasteiger partial charge >= 0.3 is 0 Å². The molecule has 0 bridgehead atoms. The number of hydrogen-bond donors (Lipinski definition) is 1. The number of benzene rings is 1. The van der Waals surface area contributed by atoms with Gasteiger partial charge in [0.1, 0.15) is 6.10 Å². The van der Waals surface area contributed by atoms with E-state index in [4.69, 9.17) is 14.7 Å². The normalized spacial score (nSPS) is 16.9. The second kappa shape index (κ2) is 8.82. The van der Waals surface area contributed by atoms with Crippen molar-refractivity contribution >= 4 is 22.6 Å². The zero-order valence-corrected chi connectivity index (χ0v) is 19.0. The summed E-state index contributed by atoms with van der Waals surface area (Å²) < 4.78 is 6.14. The summed E-state index contributed by atoms with van der Waals surface area (Å²) in [5.41, 5.74) is 6.12. The fraction of sp³-hybridized carbons (Fsp3) is 0.440. The largest absolute Gasteiger partial charge is 0.473 e. The van der Waals surface area contributed by atoms with Crippen molar-refractivity contribution in [2.24, 2.45) is 5.92 Å². The molecule has 1 aliphatic carbocycles. The van der Waals surface area contributed by atoms with Crippen LogP contribution >= 0.6 is 0 Å². The summed E-state index contributed by atoms with van der Waals surface area (Å²) >= 11 is 0. The predicted octanol–water partition coefficient (Wildman–Crippen LogP) is 4.19. The van der Waals surface area contributed by atoms with Gasteiger partial charge in [-0.25, -0.2) is 19.9 Å². The molecule has 2 aromatic heterocycles. The summed E-state index contributed by atoms with van der Waals surface area (Å²) in [4.78, 5) is 20.9. The second-order valence-corrected chi connectivity index (χ2v) is 9.18. The molecule has 1 aromatic carbocycles. The average Bonchev–Trinajstić information content (AvgIpc) is 3.22. The third kappa shape index (κ3) is 4.43. The van der Waals surface area contributed by atoms with E-state index in [1.165, 1.54) is 0 Å². The molecule has 7 heteroatoms. The Morgan fingerprint density at radius 3 is 2.78 bits per heavy atom. The van der Waals surface area contributed by atoms with Crippen molar-refractivity contribution in [3.8, 4) is 5.88 Å². The first kappa shape index (κ1) is 20.8. The average molecular weight is 433 g/mol. The van der Waals surface area contributed by atoms with Crippen LogP contribution in [0.2, 0.25) is 0 Å². The first-order valence-corrected chi connectivity index (χ1v) is 11.5. The molecule has 1 fully saturated rings. The molecule has 0 atom stereocenters. The molecule has 3 aromatic rings. The van der Waals surface area contributed by atoms with E-state index in [0.717, 1.165) is 72.3 Å². The van der Waals surface area contributed by atoms with E-state index in [0.29, 0.717) is 17.7 Å². The van der Waals surface area contributed by atoms with E-state index in [1.54, 1.807) is 6.20 Å². The van der Waals surface area contributed by atoms with Gasteiger partial charge in [-0.05, 0) is 49.1 Å². The van der Waals surface area contributed by atoms with Gasteiger partial charge in [0.15, 0.2) is 0 Å². The first-order valence-electron chi connectivity index (χ1n) is 11.5. The molecule has 0 radical (unpaired) electrons. The molecule has 1 aliphatic heterocycles. The summed E-state index contributed by atoms with van der Waals surface area (Å²) in [6.07, 6.45) is 8.96. The van der Waals surface area contributed by atoms with Crippen LogP contribution in [-0.2, 0) is 6.42 Å². The molecule has 1 saturated heterocycles. The smallest absolute Gasteiger partial charge is 0.233 e. The fourth-order valence-electron chi connectivity index (χ4n) is 4.25. The number of allylic oxidation sites excluding steroid dienone is 1. The van der Waals surface area contributed by atoms with E-state index in [-0.39, 0.29) is 7.53 Å². The van der Waals surface area contributed by atoms with Crippen LogP contribution in [-0.4, -0.2) is 57.6 Å². The summed E-state index contributed by atoms with van der Waals surface area (Å²) in [6, 6.07) is 6.21. The zero-order chi connectivity index (χ0) is 22.1. The lowest BCUT2D eigenvalue weighted by Gasteiger charge is -2.28. The van der Waals surface area contributed by atoms with Crippen LogP contribution in [0.25, 0.3) is 16.6 Å².